The fourth-order valence-electron chi connectivity index (χ4n) is 2.05. The van der Waals surface area contributed by atoms with E-state index in [1.165, 1.54) is 24.4 Å². The van der Waals surface area contributed by atoms with Crippen molar-refractivity contribution in [2.75, 3.05) is 5.32 Å². The first kappa shape index (κ1) is 17.7. The Morgan fingerprint density at radius 2 is 1.92 bits per heavy atom. The normalized spacial score (nSPS) is 10.6. The summed E-state index contributed by atoms with van der Waals surface area (Å²) >= 11 is 0. The summed E-state index contributed by atoms with van der Waals surface area (Å²) in [5.41, 5.74) is 1.77. The predicted molar refractivity (Wildman–Crippen MR) is 93.4 cm³/mol. The lowest BCUT2D eigenvalue weighted by Gasteiger charge is -2.06. The minimum Gasteiger partial charge on any atom is -0.386 e. The van der Waals surface area contributed by atoms with Gasteiger partial charge in [-0.2, -0.15) is 5.26 Å². The maximum Gasteiger partial charge on any atom is 0.292 e. The molecule has 25 heavy (non-hydrogen) atoms. The molecular formula is C18H16N4O3. The van der Waals surface area contributed by atoms with Gasteiger partial charge < -0.3 is 10.6 Å². The molecule has 7 heteroatoms. The van der Waals surface area contributed by atoms with Crippen LogP contribution >= 0.6 is 0 Å². The molecule has 1 amide bonds. The van der Waals surface area contributed by atoms with Gasteiger partial charge in [0.2, 0.25) is 0 Å². The number of hydrogen-bond donors (Lipinski definition) is 2. The predicted octanol–water partition coefficient (Wildman–Crippen LogP) is 3.04. The number of nitrogens with one attached hydrogen (secondary N) is 2. The van der Waals surface area contributed by atoms with Crippen molar-refractivity contribution >= 4 is 17.3 Å². The summed E-state index contributed by atoms with van der Waals surface area (Å²) in [5, 5.41) is 25.4. The molecule has 0 aliphatic carbocycles. The van der Waals surface area contributed by atoms with Crippen LogP contribution in [-0.4, -0.2) is 10.8 Å². The number of carbonyl (C=O) groups excluding carboxylic acids is 1. The topological polar surface area (TPSA) is 108 Å². The Morgan fingerprint density at radius 3 is 2.56 bits per heavy atom. The second-order valence-corrected chi connectivity index (χ2v) is 5.26. The maximum atomic E-state index is 12.1. The van der Waals surface area contributed by atoms with Crippen molar-refractivity contribution < 1.29 is 9.72 Å². The lowest BCUT2D eigenvalue weighted by Crippen LogP contribution is -2.17. The largest absolute Gasteiger partial charge is 0.386 e. The quantitative estimate of drug-likeness (QED) is 0.365. The van der Waals surface area contributed by atoms with Gasteiger partial charge in [0.15, 0.2) is 0 Å². The third kappa shape index (κ3) is 4.91. The number of benzene rings is 2. The van der Waals surface area contributed by atoms with Crippen LogP contribution in [-0.2, 0) is 11.3 Å². The zero-order valence-electron chi connectivity index (χ0n) is 13.5. The van der Waals surface area contributed by atoms with E-state index in [1.54, 1.807) is 12.1 Å². The summed E-state index contributed by atoms with van der Waals surface area (Å²) in [6, 6.07) is 15.3. The Morgan fingerprint density at radius 1 is 1.24 bits per heavy atom. The van der Waals surface area contributed by atoms with Crippen molar-refractivity contribution in [1.29, 1.82) is 5.26 Å². The average molecular weight is 336 g/mol. The van der Waals surface area contributed by atoms with Crippen LogP contribution in [0.4, 0.5) is 11.4 Å². The van der Waals surface area contributed by atoms with E-state index in [0.717, 1.165) is 11.1 Å². The molecule has 2 rings (SSSR count). The Hall–Kier alpha value is -3.66. The number of amides is 1. The van der Waals surface area contributed by atoms with E-state index < -0.39 is 10.8 Å². The molecule has 2 N–H and O–H groups in total. The van der Waals surface area contributed by atoms with Gasteiger partial charge in [0.1, 0.15) is 17.3 Å². The van der Waals surface area contributed by atoms with Gasteiger partial charge in [0.05, 0.1) is 4.92 Å². The third-order valence-electron chi connectivity index (χ3n) is 3.39. The molecule has 0 heterocycles. The molecule has 0 radical (unpaired) electrons. The van der Waals surface area contributed by atoms with Crippen molar-refractivity contribution in [2.45, 2.75) is 13.5 Å². The van der Waals surface area contributed by atoms with E-state index in [-0.39, 0.29) is 16.9 Å². The minimum atomic E-state index is -0.715. The molecule has 0 saturated heterocycles. The Labute approximate surface area is 144 Å². The molecule has 0 spiro atoms. The third-order valence-corrected chi connectivity index (χ3v) is 3.39. The second kappa shape index (κ2) is 8.26. The summed E-state index contributed by atoms with van der Waals surface area (Å²) < 4.78 is 0. The summed E-state index contributed by atoms with van der Waals surface area (Å²) in [6.45, 7) is 2.43. The monoisotopic (exact) mass is 336 g/mol. The van der Waals surface area contributed by atoms with E-state index in [1.807, 2.05) is 31.2 Å². The molecule has 0 bridgehead atoms. The standard InChI is InChI=1S/C18H16N4O3/c1-13-6-8-14(9-7-13)11-20-12-15(10-19)18(23)21-16-4-2-3-5-17(16)22(24)25/h2-9,12,20H,11H2,1H3,(H,21,23)/b15-12-. The van der Waals surface area contributed by atoms with Gasteiger partial charge in [0.25, 0.3) is 11.6 Å². The molecule has 0 saturated carbocycles. The molecule has 0 fully saturated rings. The summed E-state index contributed by atoms with van der Waals surface area (Å²) in [4.78, 5) is 22.5. The van der Waals surface area contributed by atoms with E-state index >= 15 is 0 Å². The number of hydrogen-bond acceptors (Lipinski definition) is 5. The van der Waals surface area contributed by atoms with Gasteiger partial charge in [-0.05, 0) is 18.6 Å². The Bertz CT molecular complexity index is 851. The van der Waals surface area contributed by atoms with E-state index in [4.69, 9.17) is 5.26 Å². The van der Waals surface area contributed by atoms with E-state index in [0.29, 0.717) is 6.54 Å². The number of anilines is 1. The SMILES string of the molecule is Cc1ccc(CN/C=C(/C#N)C(=O)Nc2ccccc2[N+](=O)[O-])cc1. The maximum absolute atomic E-state index is 12.1. The van der Waals surface area contributed by atoms with Crippen LogP contribution in [0.2, 0.25) is 0 Å². The first-order chi connectivity index (χ1) is 12.0. The first-order valence-corrected chi connectivity index (χ1v) is 7.45. The summed E-state index contributed by atoms with van der Waals surface area (Å²) in [5.74, 6) is -0.715. The molecule has 0 unspecified atom stereocenters. The number of nitro groups is 1. The second-order valence-electron chi connectivity index (χ2n) is 5.26. The highest BCUT2D eigenvalue weighted by molar-refractivity contribution is 6.07. The molecule has 2 aromatic rings. The van der Waals surface area contributed by atoms with Crippen molar-refractivity contribution in [3.63, 3.8) is 0 Å². The van der Waals surface area contributed by atoms with E-state index in [2.05, 4.69) is 10.6 Å². The summed E-state index contributed by atoms with van der Waals surface area (Å²) in [7, 11) is 0. The molecule has 126 valence electrons. The van der Waals surface area contributed by atoms with Gasteiger partial charge in [-0.15, -0.1) is 0 Å². The van der Waals surface area contributed by atoms with Crippen LogP contribution in [0, 0.1) is 28.4 Å². The van der Waals surface area contributed by atoms with Gasteiger partial charge in [-0.3, -0.25) is 14.9 Å². The van der Waals surface area contributed by atoms with Gasteiger partial charge in [0, 0.05) is 18.8 Å². The van der Waals surface area contributed by atoms with E-state index in [9.17, 15) is 14.9 Å². The van der Waals surface area contributed by atoms with Crippen LogP contribution < -0.4 is 10.6 Å². The van der Waals surface area contributed by atoms with Crippen LogP contribution in [0.3, 0.4) is 0 Å². The van der Waals surface area contributed by atoms with Gasteiger partial charge in [-0.1, -0.05) is 42.0 Å². The summed E-state index contributed by atoms with van der Waals surface area (Å²) in [6.07, 6.45) is 1.30. The minimum absolute atomic E-state index is 0.0391. The fourth-order valence-corrected chi connectivity index (χ4v) is 2.05. The smallest absolute Gasteiger partial charge is 0.292 e. The fraction of sp³-hybridized carbons (Fsp3) is 0.111. The molecule has 0 aromatic heterocycles. The molecule has 0 atom stereocenters. The molecule has 0 aliphatic heterocycles. The average Bonchev–Trinajstić information content (AvgIpc) is 2.60. The van der Waals surface area contributed by atoms with Crippen molar-refractivity contribution in [2.24, 2.45) is 0 Å². The Balaban J connectivity index is 2.04. The lowest BCUT2D eigenvalue weighted by molar-refractivity contribution is -0.383. The number of nitrogens with zero attached hydrogens (tertiary/aromatic N) is 2. The van der Waals surface area contributed by atoms with Crippen LogP contribution in [0.15, 0.2) is 60.3 Å². The number of aryl methyl sites for hydroxylation is 1. The lowest BCUT2D eigenvalue weighted by atomic mass is 10.1. The molecule has 0 aliphatic rings. The number of carbonyl (C=O) groups is 1. The highest BCUT2D eigenvalue weighted by Gasteiger charge is 2.16. The van der Waals surface area contributed by atoms with Crippen LogP contribution in [0.25, 0.3) is 0 Å². The molecule has 2 aromatic carbocycles. The Kier molecular flexibility index (Phi) is 5.85. The zero-order valence-corrected chi connectivity index (χ0v) is 13.5. The highest BCUT2D eigenvalue weighted by Crippen LogP contribution is 2.23. The number of rotatable bonds is 6. The first-order valence-electron chi connectivity index (χ1n) is 7.45. The number of nitriles is 1. The number of para-hydroxylation sites is 2. The zero-order chi connectivity index (χ0) is 18.2. The van der Waals surface area contributed by atoms with Crippen molar-refractivity contribution in [3.8, 4) is 6.07 Å². The van der Waals surface area contributed by atoms with Gasteiger partial charge >= 0.3 is 0 Å². The van der Waals surface area contributed by atoms with Crippen molar-refractivity contribution in [1.82, 2.24) is 5.32 Å². The highest BCUT2D eigenvalue weighted by atomic mass is 16.6. The van der Waals surface area contributed by atoms with Gasteiger partial charge in [-0.25, -0.2) is 0 Å². The van der Waals surface area contributed by atoms with Crippen molar-refractivity contribution in [3.05, 3.63) is 81.5 Å². The van der Waals surface area contributed by atoms with Crippen LogP contribution in [0.5, 0.6) is 0 Å². The number of nitro benzene ring substituents is 1. The molecule has 7 nitrogen and oxygen atoms in total. The van der Waals surface area contributed by atoms with Crippen LogP contribution in [0.1, 0.15) is 11.1 Å². The molecular weight excluding hydrogens is 320 g/mol.